The van der Waals surface area contributed by atoms with Gasteiger partial charge in [0.2, 0.25) is 0 Å². The van der Waals surface area contributed by atoms with Gasteiger partial charge in [0.25, 0.3) is 5.56 Å². The topological polar surface area (TPSA) is 55.0 Å². The Morgan fingerprint density at radius 1 is 1.30 bits per heavy atom. The number of benzene rings is 1. The van der Waals surface area contributed by atoms with E-state index in [9.17, 15) is 4.79 Å². The highest BCUT2D eigenvalue weighted by Crippen LogP contribution is 2.27. The smallest absolute Gasteiger partial charge is 0.251 e. The van der Waals surface area contributed by atoms with E-state index in [2.05, 4.69) is 23.8 Å². The third-order valence-electron chi connectivity index (χ3n) is 3.02. The molecule has 0 fully saturated rings. The molecule has 0 amide bonds. The summed E-state index contributed by atoms with van der Waals surface area (Å²) in [6.45, 7) is 6.21. The maximum absolute atomic E-state index is 11.8. The van der Waals surface area contributed by atoms with Gasteiger partial charge in [0, 0.05) is 11.8 Å². The first-order valence-corrected chi connectivity index (χ1v) is 6.75. The molecule has 106 valence electrons. The fourth-order valence-corrected chi connectivity index (χ4v) is 2.15. The van der Waals surface area contributed by atoms with E-state index in [-0.39, 0.29) is 5.56 Å². The largest absolute Gasteiger partial charge is 0.496 e. The Morgan fingerprint density at radius 2 is 2.05 bits per heavy atom. The van der Waals surface area contributed by atoms with Crippen LogP contribution in [0, 0.1) is 12.8 Å². The Hall–Kier alpha value is -2.10. The Balaban J connectivity index is 2.52. The van der Waals surface area contributed by atoms with Gasteiger partial charge in [-0.15, -0.1) is 0 Å². The third-order valence-corrected chi connectivity index (χ3v) is 3.02. The molecule has 4 heteroatoms. The van der Waals surface area contributed by atoms with Crippen LogP contribution in [0.4, 0.5) is 0 Å². The lowest BCUT2D eigenvalue weighted by Gasteiger charge is -2.10. The first-order chi connectivity index (χ1) is 9.49. The maximum atomic E-state index is 11.8. The first-order valence-electron chi connectivity index (χ1n) is 6.75. The van der Waals surface area contributed by atoms with Crippen LogP contribution in [0.2, 0.25) is 0 Å². The van der Waals surface area contributed by atoms with Crippen LogP contribution in [0.15, 0.2) is 29.1 Å². The molecular weight excluding hydrogens is 252 g/mol. The molecule has 2 rings (SSSR count). The van der Waals surface area contributed by atoms with Gasteiger partial charge in [-0.05, 0) is 37.0 Å². The van der Waals surface area contributed by atoms with Gasteiger partial charge in [0.1, 0.15) is 11.6 Å². The van der Waals surface area contributed by atoms with Gasteiger partial charge in [-0.1, -0.05) is 19.9 Å². The van der Waals surface area contributed by atoms with Crippen molar-refractivity contribution in [3.05, 3.63) is 45.9 Å². The molecule has 20 heavy (non-hydrogen) atoms. The van der Waals surface area contributed by atoms with Crippen LogP contribution in [0.1, 0.15) is 25.1 Å². The van der Waals surface area contributed by atoms with Crippen LogP contribution in [0.3, 0.4) is 0 Å². The van der Waals surface area contributed by atoms with Gasteiger partial charge in [0.05, 0.1) is 12.7 Å². The molecule has 0 saturated carbocycles. The van der Waals surface area contributed by atoms with Crippen molar-refractivity contribution in [2.24, 2.45) is 5.92 Å². The normalized spacial score (nSPS) is 10.8. The number of hydrogen-bond donors (Lipinski definition) is 1. The summed E-state index contributed by atoms with van der Waals surface area (Å²) in [5, 5.41) is 0. The van der Waals surface area contributed by atoms with Crippen molar-refractivity contribution in [3.8, 4) is 17.1 Å². The average molecular weight is 272 g/mol. The Labute approximate surface area is 118 Å². The van der Waals surface area contributed by atoms with Gasteiger partial charge in [0.15, 0.2) is 0 Å². The minimum atomic E-state index is -0.131. The summed E-state index contributed by atoms with van der Waals surface area (Å²) in [6.07, 6.45) is 0.783. The van der Waals surface area contributed by atoms with Crippen molar-refractivity contribution in [1.29, 1.82) is 0 Å². The first kappa shape index (κ1) is 14.3. The van der Waals surface area contributed by atoms with Crippen LogP contribution in [0.5, 0.6) is 5.75 Å². The summed E-state index contributed by atoms with van der Waals surface area (Å²) < 4.78 is 5.38. The van der Waals surface area contributed by atoms with Gasteiger partial charge in [-0.3, -0.25) is 4.79 Å². The zero-order valence-electron chi connectivity index (χ0n) is 12.4. The standard InChI is InChI=1S/C16H20N2O2/c1-10(2)7-12-9-15(19)18-16(17-12)13-6-5-11(3)8-14(13)20-4/h5-6,8-10H,7H2,1-4H3,(H,17,18,19). The second kappa shape index (κ2) is 5.90. The van der Waals surface area contributed by atoms with Crippen molar-refractivity contribution < 1.29 is 4.74 Å². The predicted octanol–water partition coefficient (Wildman–Crippen LogP) is 2.95. The summed E-state index contributed by atoms with van der Waals surface area (Å²) >= 11 is 0. The van der Waals surface area contributed by atoms with Crippen LogP contribution >= 0.6 is 0 Å². The number of aromatic amines is 1. The molecule has 0 saturated heterocycles. The van der Waals surface area contributed by atoms with Gasteiger partial charge >= 0.3 is 0 Å². The van der Waals surface area contributed by atoms with E-state index in [1.165, 1.54) is 0 Å². The fourth-order valence-electron chi connectivity index (χ4n) is 2.15. The third kappa shape index (κ3) is 3.26. The van der Waals surface area contributed by atoms with E-state index < -0.39 is 0 Å². The Kier molecular flexibility index (Phi) is 4.23. The number of aromatic nitrogens is 2. The van der Waals surface area contributed by atoms with Crippen LogP contribution in [-0.2, 0) is 6.42 Å². The molecule has 0 bridgehead atoms. The lowest BCUT2D eigenvalue weighted by Crippen LogP contribution is -2.12. The summed E-state index contributed by atoms with van der Waals surface area (Å²) in [5.74, 6) is 1.73. The van der Waals surface area contributed by atoms with E-state index >= 15 is 0 Å². The van der Waals surface area contributed by atoms with Gasteiger partial charge in [-0.25, -0.2) is 4.98 Å². The quantitative estimate of drug-likeness (QED) is 0.931. The molecule has 1 aromatic heterocycles. The number of ether oxygens (including phenoxy) is 1. The monoisotopic (exact) mass is 272 g/mol. The molecule has 0 unspecified atom stereocenters. The molecule has 1 heterocycles. The summed E-state index contributed by atoms with van der Waals surface area (Å²) in [7, 11) is 1.62. The Morgan fingerprint density at radius 3 is 2.70 bits per heavy atom. The van der Waals surface area contributed by atoms with E-state index in [4.69, 9.17) is 4.74 Å². The molecule has 0 aliphatic carbocycles. The molecular formula is C16H20N2O2. The van der Waals surface area contributed by atoms with Crippen LogP contribution < -0.4 is 10.3 Å². The van der Waals surface area contributed by atoms with E-state index in [0.717, 1.165) is 29.0 Å². The molecule has 0 radical (unpaired) electrons. The van der Waals surface area contributed by atoms with Crippen molar-refractivity contribution in [2.45, 2.75) is 27.2 Å². The molecule has 1 N–H and O–H groups in total. The fraction of sp³-hybridized carbons (Fsp3) is 0.375. The van der Waals surface area contributed by atoms with Crippen molar-refractivity contribution in [1.82, 2.24) is 9.97 Å². The maximum Gasteiger partial charge on any atom is 0.251 e. The number of hydrogen-bond acceptors (Lipinski definition) is 3. The van der Waals surface area contributed by atoms with Crippen molar-refractivity contribution >= 4 is 0 Å². The van der Waals surface area contributed by atoms with E-state index in [1.807, 2.05) is 25.1 Å². The summed E-state index contributed by atoms with van der Waals surface area (Å²) in [4.78, 5) is 19.1. The van der Waals surface area contributed by atoms with Crippen LogP contribution in [-0.4, -0.2) is 17.1 Å². The zero-order valence-corrected chi connectivity index (χ0v) is 12.4. The molecule has 0 aliphatic heterocycles. The predicted molar refractivity (Wildman–Crippen MR) is 80.1 cm³/mol. The minimum Gasteiger partial charge on any atom is -0.496 e. The highest BCUT2D eigenvalue weighted by atomic mass is 16.5. The second-order valence-corrected chi connectivity index (χ2v) is 5.39. The number of methoxy groups -OCH3 is 1. The lowest BCUT2D eigenvalue weighted by molar-refractivity contribution is 0.416. The van der Waals surface area contributed by atoms with Crippen molar-refractivity contribution in [2.75, 3.05) is 7.11 Å². The summed E-state index contributed by atoms with van der Waals surface area (Å²) in [6, 6.07) is 7.40. The number of rotatable bonds is 4. The van der Waals surface area contributed by atoms with Gasteiger partial charge < -0.3 is 9.72 Å². The van der Waals surface area contributed by atoms with E-state index in [0.29, 0.717) is 11.7 Å². The highest BCUT2D eigenvalue weighted by Gasteiger charge is 2.10. The molecule has 0 spiro atoms. The molecule has 0 atom stereocenters. The minimum absolute atomic E-state index is 0.131. The Bertz CT molecular complexity index is 660. The molecule has 1 aromatic carbocycles. The number of aryl methyl sites for hydroxylation is 1. The molecule has 4 nitrogen and oxygen atoms in total. The summed E-state index contributed by atoms with van der Waals surface area (Å²) in [5.41, 5.74) is 2.58. The van der Waals surface area contributed by atoms with E-state index in [1.54, 1.807) is 13.2 Å². The molecule has 0 aliphatic rings. The number of nitrogens with zero attached hydrogens (tertiary/aromatic N) is 1. The SMILES string of the molecule is COc1cc(C)ccc1-c1nc(CC(C)C)cc(=O)[nH]1. The number of H-pyrrole nitrogens is 1. The lowest BCUT2D eigenvalue weighted by atomic mass is 10.1. The van der Waals surface area contributed by atoms with Crippen molar-refractivity contribution in [3.63, 3.8) is 0 Å². The van der Waals surface area contributed by atoms with Gasteiger partial charge in [-0.2, -0.15) is 0 Å². The molecule has 2 aromatic rings. The zero-order chi connectivity index (χ0) is 14.7. The average Bonchev–Trinajstić information content (AvgIpc) is 2.36. The highest BCUT2D eigenvalue weighted by molar-refractivity contribution is 5.64. The second-order valence-electron chi connectivity index (χ2n) is 5.39. The number of nitrogens with one attached hydrogen (secondary N) is 1. The van der Waals surface area contributed by atoms with Crippen LogP contribution in [0.25, 0.3) is 11.4 Å².